The molecule has 30 heavy (non-hydrogen) atoms. The minimum absolute atomic E-state index is 0.0603. The number of alkyl halides is 1. The van der Waals surface area contributed by atoms with Crippen molar-refractivity contribution in [2.45, 2.75) is 94.5 Å². The van der Waals surface area contributed by atoms with E-state index < -0.39 is 5.67 Å². The Bertz CT molecular complexity index is 721. The van der Waals surface area contributed by atoms with E-state index in [4.69, 9.17) is 0 Å². The number of halogens is 1. The van der Waals surface area contributed by atoms with Gasteiger partial charge in [0.1, 0.15) is 5.67 Å². The Hall–Kier alpha value is -1.21. The Morgan fingerprint density at radius 2 is 1.50 bits per heavy atom. The molecule has 4 saturated carbocycles. The molecular weight excluding hydrogens is 383 g/mol. The van der Waals surface area contributed by atoms with Gasteiger partial charge in [-0.1, -0.05) is 0 Å². The molecule has 4 atom stereocenters. The predicted octanol–water partition coefficient (Wildman–Crippen LogP) is 1.84. The van der Waals surface area contributed by atoms with Gasteiger partial charge in [-0.05, 0) is 71.1 Å². The number of likely N-dealkylation sites (tertiary alicyclic amines) is 2. The van der Waals surface area contributed by atoms with Gasteiger partial charge in [-0.25, -0.2) is 4.39 Å². The molecular formula is C23H37FN4O2. The maximum absolute atomic E-state index is 15.2. The Morgan fingerprint density at radius 1 is 0.933 bits per heavy atom. The quantitative estimate of drug-likeness (QED) is 0.712. The van der Waals surface area contributed by atoms with Crippen LogP contribution >= 0.6 is 0 Å². The molecule has 2 unspecified atom stereocenters. The SMILES string of the molecule is CC(C)(C)NC(=O)CN1C[C@@H]2C[C@H]1CN2CC(=O)NC12CC3CC(CC(F)(C3)C1)C2. The maximum Gasteiger partial charge on any atom is 0.234 e. The summed E-state index contributed by atoms with van der Waals surface area (Å²) >= 11 is 0. The van der Waals surface area contributed by atoms with Crippen LogP contribution in [0.1, 0.15) is 65.7 Å². The molecule has 6 nitrogen and oxygen atoms in total. The standard InChI is InChI=1S/C23H37FN4O2/c1-21(2,3)25-19(29)12-27-10-18-5-17(27)11-28(18)13-20(30)26-23-8-15-4-16(9-23)7-22(24,6-15)14-23/h15-18H,4-14H2,1-3H3,(H,25,29)(H,26,30)/t15?,16?,17-,18-,22?,23?/m0/s1. The largest absolute Gasteiger partial charge is 0.350 e. The highest BCUT2D eigenvalue weighted by molar-refractivity contribution is 5.79. The number of hydrogen-bond donors (Lipinski definition) is 2. The first-order valence-electron chi connectivity index (χ1n) is 11.8. The summed E-state index contributed by atoms with van der Waals surface area (Å²) in [7, 11) is 0. The molecule has 168 valence electrons. The summed E-state index contributed by atoms with van der Waals surface area (Å²) < 4.78 is 15.2. The van der Waals surface area contributed by atoms with Crippen molar-refractivity contribution in [2.24, 2.45) is 11.8 Å². The zero-order valence-electron chi connectivity index (χ0n) is 18.7. The number of fused-ring (bicyclic) bond motifs is 2. The van der Waals surface area contributed by atoms with E-state index in [1.165, 1.54) is 0 Å². The van der Waals surface area contributed by atoms with Crippen molar-refractivity contribution in [3.05, 3.63) is 0 Å². The van der Waals surface area contributed by atoms with Crippen molar-refractivity contribution in [3.63, 3.8) is 0 Å². The van der Waals surface area contributed by atoms with Gasteiger partial charge in [0.15, 0.2) is 0 Å². The van der Waals surface area contributed by atoms with Crippen LogP contribution in [0.25, 0.3) is 0 Å². The predicted molar refractivity (Wildman–Crippen MR) is 113 cm³/mol. The maximum atomic E-state index is 15.2. The normalized spacial score (nSPS) is 42.7. The van der Waals surface area contributed by atoms with Gasteiger partial charge >= 0.3 is 0 Å². The van der Waals surface area contributed by atoms with Crippen LogP contribution in [0.2, 0.25) is 0 Å². The van der Waals surface area contributed by atoms with Gasteiger partial charge in [0.25, 0.3) is 0 Å². The number of amides is 2. The van der Waals surface area contributed by atoms with Gasteiger partial charge in [-0.15, -0.1) is 0 Å². The summed E-state index contributed by atoms with van der Waals surface area (Å²) in [4.78, 5) is 29.7. The van der Waals surface area contributed by atoms with Crippen molar-refractivity contribution in [3.8, 4) is 0 Å². The van der Waals surface area contributed by atoms with Crippen molar-refractivity contribution < 1.29 is 14.0 Å². The number of rotatable bonds is 5. The van der Waals surface area contributed by atoms with Gasteiger partial charge in [0.2, 0.25) is 11.8 Å². The smallest absolute Gasteiger partial charge is 0.234 e. The third-order valence-corrected chi connectivity index (χ3v) is 8.07. The highest BCUT2D eigenvalue weighted by Crippen LogP contribution is 2.59. The summed E-state index contributed by atoms with van der Waals surface area (Å²) in [6.07, 6.45) is 6.02. The molecule has 6 aliphatic rings. The Balaban J connectivity index is 1.13. The zero-order valence-corrected chi connectivity index (χ0v) is 18.7. The lowest BCUT2D eigenvalue weighted by Crippen LogP contribution is -2.65. The second kappa shape index (κ2) is 6.89. The van der Waals surface area contributed by atoms with Crippen molar-refractivity contribution in [1.29, 1.82) is 0 Å². The van der Waals surface area contributed by atoms with Gasteiger partial charge in [0.05, 0.1) is 13.1 Å². The molecule has 6 fully saturated rings. The monoisotopic (exact) mass is 420 g/mol. The summed E-state index contributed by atoms with van der Waals surface area (Å²) in [6.45, 7) is 8.51. The van der Waals surface area contributed by atoms with Gasteiger partial charge in [-0.2, -0.15) is 0 Å². The number of piperazine rings is 1. The molecule has 2 heterocycles. The van der Waals surface area contributed by atoms with E-state index in [9.17, 15) is 9.59 Å². The van der Waals surface area contributed by atoms with E-state index in [1.807, 2.05) is 20.8 Å². The zero-order chi connectivity index (χ0) is 21.3. The van der Waals surface area contributed by atoms with E-state index >= 15 is 4.39 Å². The molecule has 2 N–H and O–H groups in total. The molecule has 2 saturated heterocycles. The average molecular weight is 421 g/mol. The molecule has 7 heteroatoms. The first-order chi connectivity index (χ1) is 14.0. The first-order valence-corrected chi connectivity index (χ1v) is 11.8. The molecule has 0 aromatic carbocycles. The fourth-order valence-electron chi connectivity index (χ4n) is 7.68. The molecule has 4 aliphatic carbocycles. The Morgan fingerprint density at radius 3 is 2.00 bits per heavy atom. The highest BCUT2D eigenvalue weighted by Gasteiger charge is 2.59. The van der Waals surface area contributed by atoms with E-state index in [0.29, 0.717) is 56.3 Å². The van der Waals surface area contributed by atoms with Crippen molar-refractivity contribution in [1.82, 2.24) is 20.4 Å². The summed E-state index contributed by atoms with van der Waals surface area (Å²) in [6, 6.07) is 0.689. The van der Waals surface area contributed by atoms with E-state index in [0.717, 1.165) is 38.8 Å². The minimum Gasteiger partial charge on any atom is -0.350 e. The van der Waals surface area contributed by atoms with Gasteiger partial charge in [0, 0.05) is 42.7 Å². The molecule has 0 aromatic rings. The van der Waals surface area contributed by atoms with Crippen LogP contribution in [0.5, 0.6) is 0 Å². The fraction of sp³-hybridized carbons (Fsp3) is 0.913. The highest BCUT2D eigenvalue weighted by atomic mass is 19.1. The van der Waals surface area contributed by atoms with E-state index in [1.54, 1.807) is 0 Å². The number of nitrogens with zero attached hydrogens (tertiary/aromatic N) is 2. The van der Waals surface area contributed by atoms with Crippen LogP contribution in [-0.4, -0.2) is 76.6 Å². The summed E-state index contributed by atoms with van der Waals surface area (Å²) in [5.74, 6) is 1.03. The van der Waals surface area contributed by atoms with Crippen LogP contribution in [0.4, 0.5) is 4.39 Å². The first kappa shape index (κ1) is 20.7. The van der Waals surface area contributed by atoms with Gasteiger partial charge < -0.3 is 10.6 Å². The van der Waals surface area contributed by atoms with Crippen molar-refractivity contribution >= 4 is 11.8 Å². The van der Waals surface area contributed by atoms with Crippen LogP contribution in [-0.2, 0) is 9.59 Å². The van der Waals surface area contributed by atoms with E-state index in [-0.39, 0.29) is 22.9 Å². The summed E-state index contributed by atoms with van der Waals surface area (Å²) in [5.41, 5.74) is -1.56. The van der Waals surface area contributed by atoms with Crippen molar-refractivity contribution in [2.75, 3.05) is 26.2 Å². The Kier molecular flexibility index (Phi) is 4.75. The van der Waals surface area contributed by atoms with E-state index in [2.05, 4.69) is 20.4 Å². The average Bonchev–Trinajstić information content (AvgIpc) is 3.09. The molecule has 6 rings (SSSR count). The Labute approximate surface area is 179 Å². The number of hydrogen-bond acceptors (Lipinski definition) is 4. The fourth-order valence-corrected chi connectivity index (χ4v) is 7.68. The molecule has 2 amide bonds. The van der Waals surface area contributed by atoms with Crippen LogP contribution < -0.4 is 10.6 Å². The second-order valence-electron chi connectivity index (χ2n) is 12.1. The molecule has 0 radical (unpaired) electrons. The van der Waals surface area contributed by atoms with Gasteiger partial charge in [-0.3, -0.25) is 19.4 Å². The van der Waals surface area contributed by atoms with Crippen LogP contribution in [0.3, 0.4) is 0 Å². The third-order valence-electron chi connectivity index (χ3n) is 8.07. The topological polar surface area (TPSA) is 64.7 Å². The molecule has 2 aliphatic heterocycles. The lowest BCUT2D eigenvalue weighted by molar-refractivity contribution is -0.135. The van der Waals surface area contributed by atoms with Crippen LogP contribution in [0, 0.1) is 11.8 Å². The molecule has 6 bridgehead atoms. The number of nitrogens with one attached hydrogen (secondary N) is 2. The number of carbonyl (C=O) groups excluding carboxylic acids is 2. The third kappa shape index (κ3) is 3.99. The lowest BCUT2D eigenvalue weighted by atomic mass is 9.51. The minimum atomic E-state index is -1.04. The number of carbonyl (C=O) groups is 2. The second-order valence-corrected chi connectivity index (χ2v) is 12.1. The van der Waals surface area contributed by atoms with Crippen LogP contribution in [0.15, 0.2) is 0 Å². The molecule has 0 aromatic heterocycles. The summed E-state index contributed by atoms with van der Waals surface area (Å²) in [5, 5.41) is 6.34. The molecule has 0 spiro atoms. The lowest BCUT2D eigenvalue weighted by Gasteiger charge is -2.59.